The van der Waals surface area contributed by atoms with Crippen molar-refractivity contribution in [3.05, 3.63) is 71.3 Å². The van der Waals surface area contributed by atoms with Gasteiger partial charge in [-0.2, -0.15) is 0 Å². The molecule has 0 saturated heterocycles. The van der Waals surface area contributed by atoms with Gasteiger partial charge in [-0.3, -0.25) is 0 Å². The van der Waals surface area contributed by atoms with E-state index in [2.05, 4.69) is 30.3 Å². The van der Waals surface area contributed by atoms with Gasteiger partial charge in [-0.25, -0.2) is 0 Å². The highest BCUT2D eigenvalue weighted by molar-refractivity contribution is 5.43. The Bertz CT molecular complexity index is 620. The topological polar surface area (TPSA) is 46.2 Å². The molecule has 0 amide bonds. The fourth-order valence-corrected chi connectivity index (χ4v) is 3.84. The maximum atomic E-state index is 11.3. The van der Waals surface area contributed by atoms with Crippen LogP contribution in [0.4, 0.5) is 0 Å². The first-order chi connectivity index (χ1) is 10.1. The van der Waals surface area contributed by atoms with Crippen LogP contribution in [0.3, 0.4) is 0 Å². The van der Waals surface area contributed by atoms with Gasteiger partial charge in [0.1, 0.15) is 0 Å². The number of rotatable bonds is 4. The first-order valence-electron chi connectivity index (χ1n) is 7.64. The maximum absolute atomic E-state index is 11.3. The van der Waals surface area contributed by atoms with Crippen molar-refractivity contribution in [3.8, 4) is 0 Å². The van der Waals surface area contributed by atoms with Crippen molar-refractivity contribution < 1.29 is 5.11 Å². The monoisotopic (exact) mass is 281 g/mol. The predicted octanol–water partition coefficient (Wildman–Crippen LogP) is 2.82. The Morgan fingerprint density at radius 2 is 1.76 bits per heavy atom. The molecule has 1 aliphatic rings. The van der Waals surface area contributed by atoms with E-state index >= 15 is 0 Å². The Hall–Kier alpha value is -1.64. The van der Waals surface area contributed by atoms with Crippen LogP contribution in [0.25, 0.3) is 0 Å². The minimum absolute atomic E-state index is 0.348. The Labute approximate surface area is 126 Å². The third kappa shape index (κ3) is 2.29. The van der Waals surface area contributed by atoms with E-state index in [-0.39, 0.29) is 5.41 Å². The summed E-state index contributed by atoms with van der Waals surface area (Å²) >= 11 is 0. The van der Waals surface area contributed by atoms with Gasteiger partial charge in [-0.1, -0.05) is 54.6 Å². The third-order valence-electron chi connectivity index (χ3n) is 5.12. The molecule has 21 heavy (non-hydrogen) atoms. The summed E-state index contributed by atoms with van der Waals surface area (Å²) in [6.07, 6.45) is 2.54. The molecule has 2 aromatic carbocycles. The maximum Gasteiger partial charge on any atom is 0.0768 e. The molecule has 0 aliphatic heterocycles. The van der Waals surface area contributed by atoms with Gasteiger partial charge >= 0.3 is 0 Å². The van der Waals surface area contributed by atoms with Crippen molar-refractivity contribution >= 4 is 0 Å². The van der Waals surface area contributed by atoms with E-state index < -0.39 is 5.60 Å². The molecule has 2 unspecified atom stereocenters. The second-order valence-electron chi connectivity index (χ2n) is 6.38. The summed E-state index contributed by atoms with van der Waals surface area (Å²) in [5.41, 5.74) is 8.68. The van der Waals surface area contributed by atoms with Gasteiger partial charge in [0, 0.05) is 18.4 Å². The fourth-order valence-electron chi connectivity index (χ4n) is 3.84. The van der Waals surface area contributed by atoms with E-state index in [1.807, 2.05) is 31.2 Å². The zero-order valence-electron chi connectivity index (χ0n) is 12.5. The number of benzene rings is 2. The van der Waals surface area contributed by atoms with Crippen LogP contribution in [-0.4, -0.2) is 17.3 Å². The highest BCUT2D eigenvalue weighted by Crippen LogP contribution is 2.46. The molecular formula is C19H23NO. The Kier molecular flexibility index (Phi) is 3.60. The van der Waals surface area contributed by atoms with Crippen molar-refractivity contribution in [1.29, 1.82) is 0 Å². The highest BCUT2D eigenvalue weighted by Gasteiger charge is 2.50. The number of aliphatic hydroxyl groups is 1. The first kappa shape index (κ1) is 14.3. The van der Waals surface area contributed by atoms with Gasteiger partial charge in [-0.15, -0.1) is 0 Å². The summed E-state index contributed by atoms with van der Waals surface area (Å²) in [5.74, 6) is 0. The first-order valence-corrected chi connectivity index (χ1v) is 7.64. The van der Waals surface area contributed by atoms with E-state index in [4.69, 9.17) is 5.73 Å². The average Bonchev–Trinajstić information content (AvgIpc) is 2.88. The molecule has 0 radical (unpaired) electrons. The minimum Gasteiger partial charge on any atom is -0.389 e. The van der Waals surface area contributed by atoms with Gasteiger partial charge in [0.15, 0.2) is 0 Å². The van der Waals surface area contributed by atoms with Gasteiger partial charge in [-0.05, 0) is 36.5 Å². The van der Waals surface area contributed by atoms with Gasteiger partial charge in [0.2, 0.25) is 0 Å². The van der Waals surface area contributed by atoms with Gasteiger partial charge < -0.3 is 10.8 Å². The average molecular weight is 281 g/mol. The van der Waals surface area contributed by atoms with Gasteiger partial charge in [0.25, 0.3) is 0 Å². The van der Waals surface area contributed by atoms with Crippen LogP contribution in [0.15, 0.2) is 54.6 Å². The second kappa shape index (κ2) is 5.28. The summed E-state index contributed by atoms with van der Waals surface area (Å²) in [4.78, 5) is 0. The van der Waals surface area contributed by atoms with Crippen LogP contribution in [-0.2, 0) is 18.3 Å². The van der Waals surface area contributed by atoms with Crippen LogP contribution in [0.2, 0.25) is 0 Å². The van der Waals surface area contributed by atoms with Crippen molar-refractivity contribution in [2.75, 3.05) is 6.54 Å². The summed E-state index contributed by atoms with van der Waals surface area (Å²) in [6.45, 7) is 2.42. The number of aryl methyl sites for hydroxylation is 1. The van der Waals surface area contributed by atoms with E-state index in [0.717, 1.165) is 18.4 Å². The lowest BCUT2D eigenvalue weighted by Crippen LogP contribution is -2.54. The molecule has 0 heterocycles. The molecule has 0 fully saturated rings. The van der Waals surface area contributed by atoms with Crippen LogP contribution >= 0.6 is 0 Å². The lowest BCUT2D eigenvalue weighted by molar-refractivity contribution is -0.0201. The molecule has 2 aromatic rings. The molecule has 3 rings (SSSR count). The number of hydrogen-bond donors (Lipinski definition) is 2. The predicted molar refractivity (Wildman–Crippen MR) is 86.3 cm³/mol. The molecule has 2 nitrogen and oxygen atoms in total. The summed E-state index contributed by atoms with van der Waals surface area (Å²) in [5, 5.41) is 11.3. The molecule has 110 valence electrons. The smallest absolute Gasteiger partial charge is 0.0768 e. The molecule has 3 N–H and O–H groups in total. The third-order valence-corrected chi connectivity index (χ3v) is 5.12. The quantitative estimate of drug-likeness (QED) is 0.905. The lowest BCUT2D eigenvalue weighted by Gasteiger charge is -2.43. The zero-order chi connectivity index (χ0) is 14.9. The second-order valence-corrected chi connectivity index (χ2v) is 6.38. The Balaban J connectivity index is 2.00. The molecule has 2 atom stereocenters. The van der Waals surface area contributed by atoms with Gasteiger partial charge in [0.05, 0.1) is 5.60 Å². The number of nitrogens with two attached hydrogens (primary N) is 1. The lowest BCUT2D eigenvalue weighted by atomic mass is 9.66. The molecule has 2 heteroatoms. The molecule has 0 spiro atoms. The molecule has 0 saturated carbocycles. The van der Waals surface area contributed by atoms with E-state index in [1.165, 1.54) is 11.1 Å². The highest BCUT2D eigenvalue weighted by atomic mass is 16.3. The molecular weight excluding hydrogens is 258 g/mol. The van der Waals surface area contributed by atoms with E-state index in [1.54, 1.807) is 0 Å². The zero-order valence-corrected chi connectivity index (χ0v) is 12.5. The molecule has 0 aromatic heterocycles. The summed E-state index contributed by atoms with van der Waals surface area (Å²) in [6, 6.07) is 18.6. The van der Waals surface area contributed by atoms with Crippen molar-refractivity contribution in [1.82, 2.24) is 0 Å². The normalized spacial score (nSPS) is 23.6. The summed E-state index contributed by atoms with van der Waals surface area (Å²) < 4.78 is 0. The number of hydrogen-bond acceptors (Lipinski definition) is 2. The van der Waals surface area contributed by atoms with Crippen molar-refractivity contribution in [3.63, 3.8) is 0 Å². The summed E-state index contributed by atoms with van der Waals surface area (Å²) in [7, 11) is 0. The van der Waals surface area contributed by atoms with E-state index in [9.17, 15) is 5.11 Å². The van der Waals surface area contributed by atoms with E-state index in [0.29, 0.717) is 13.0 Å². The molecule has 1 aliphatic carbocycles. The molecule has 0 bridgehead atoms. The Morgan fingerprint density at radius 3 is 2.48 bits per heavy atom. The van der Waals surface area contributed by atoms with Crippen LogP contribution in [0, 0.1) is 0 Å². The Morgan fingerprint density at radius 1 is 1.10 bits per heavy atom. The fraction of sp³-hybridized carbons (Fsp3) is 0.368. The van der Waals surface area contributed by atoms with Crippen molar-refractivity contribution in [2.24, 2.45) is 5.73 Å². The largest absolute Gasteiger partial charge is 0.389 e. The van der Waals surface area contributed by atoms with Crippen molar-refractivity contribution in [2.45, 2.75) is 37.2 Å². The minimum atomic E-state index is -0.851. The van der Waals surface area contributed by atoms with Crippen LogP contribution < -0.4 is 5.73 Å². The standard InChI is InChI=1S/C19H23NO/c1-18(21,13-15-7-3-2-4-8-15)19(14-20)12-11-16-9-5-6-10-17(16)19/h2-10,21H,11-14,20H2,1H3. The SMILES string of the molecule is CC(O)(Cc1ccccc1)C1(CN)CCc2ccccc21. The number of fused-ring (bicyclic) bond motifs is 1. The van der Waals surface area contributed by atoms with Crippen LogP contribution in [0.1, 0.15) is 30.0 Å². The van der Waals surface area contributed by atoms with Crippen LogP contribution in [0.5, 0.6) is 0 Å².